The number of anilines is 1. The summed E-state index contributed by atoms with van der Waals surface area (Å²) in [6, 6.07) is 1.09. The van der Waals surface area contributed by atoms with Crippen LogP contribution in [-0.4, -0.2) is 37.0 Å². The molecule has 0 aliphatic heterocycles. The molecule has 1 heterocycles. The van der Waals surface area contributed by atoms with Gasteiger partial charge in [-0.05, 0) is 13.0 Å². The lowest BCUT2D eigenvalue weighted by Gasteiger charge is -2.15. The predicted molar refractivity (Wildman–Crippen MR) is 76.7 cm³/mol. The number of carbonyl (C=O) groups excluding carboxylic acids is 1. The first-order chi connectivity index (χ1) is 8.83. The molecule has 2 N–H and O–H groups in total. The minimum atomic E-state index is -1.08. The van der Waals surface area contributed by atoms with E-state index >= 15 is 0 Å². The van der Waals surface area contributed by atoms with Crippen LogP contribution in [0, 0.1) is 0 Å². The number of hydrogen-bond donors (Lipinski definition) is 1. The molecule has 0 fully saturated rings. The van der Waals surface area contributed by atoms with Crippen molar-refractivity contribution in [2.45, 2.75) is 39.3 Å². The number of nitrogens with two attached hydrogens (primary N) is 1. The Hall–Kier alpha value is -1.34. The van der Waals surface area contributed by atoms with Crippen molar-refractivity contribution in [1.82, 2.24) is 9.78 Å². The summed E-state index contributed by atoms with van der Waals surface area (Å²) in [5, 5.41) is 4.03. The van der Waals surface area contributed by atoms with Gasteiger partial charge < -0.3 is 15.2 Å². The van der Waals surface area contributed by atoms with Gasteiger partial charge in [0.05, 0.1) is 6.61 Å². The van der Waals surface area contributed by atoms with Gasteiger partial charge in [-0.25, -0.2) is 9.48 Å². The molecule has 0 unspecified atom stereocenters. The molecule has 0 radical (unpaired) electrons. The number of aromatic nitrogens is 2. The highest BCUT2D eigenvalue weighted by Gasteiger charge is 2.16. The van der Waals surface area contributed by atoms with Gasteiger partial charge in [0, 0.05) is 20.9 Å². The normalized spacial score (nSPS) is 11.6. The first kappa shape index (κ1) is 15.7. The number of carbonyl (C=O) groups is 1. The molecule has 0 aliphatic rings. The average molecular weight is 285 g/mol. The van der Waals surface area contributed by atoms with Gasteiger partial charge in [0.25, 0.3) is 0 Å². The number of nitrogen functional groups attached to an aromatic ring is 1. The molecule has 0 atom stereocenters. The van der Waals surface area contributed by atoms with Crippen LogP contribution in [0.25, 0.3) is 0 Å². The molecule has 0 amide bonds. The molecule has 0 aromatic carbocycles. The Balaban J connectivity index is 2.48. The quantitative estimate of drug-likeness (QED) is 0.470. The van der Waals surface area contributed by atoms with E-state index in [0.717, 1.165) is 6.04 Å². The zero-order chi connectivity index (χ0) is 14.5. The fourth-order valence-electron chi connectivity index (χ4n) is 1.40. The van der Waals surface area contributed by atoms with Gasteiger partial charge in [-0.1, -0.05) is 19.6 Å². The van der Waals surface area contributed by atoms with E-state index in [-0.39, 0.29) is 11.4 Å². The van der Waals surface area contributed by atoms with Crippen molar-refractivity contribution in [2.75, 3.05) is 18.9 Å². The number of ether oxygens (including phenoxy) is 2. The van der Waals surface area contributed by atoms with Crippen molar-refractivity contribution >= 4 is 19.9 Å². The third-order valence-electron chi connectivity index (χ3n) is 2.51. The van der Waals surface area contributed by atoms with Crippen LogP contribution in [0.1, 0.15) is 17.3 Å². The van der Waals surface area contributed by atoms with Crippen molar-refractivity contribution < 1.29 is 14.3 Å². The largest absolute Gasteiger partial charge is 0.462 e. The van der Waals surface area contributed by atoms with Crippen LogP contribution in [0.2, 0.25) is 25.7 Å². The molecule has 0 spiro atoms. The summed E-state index contributed by atoms with van der Waals surface area (Å²) in [5.41, 5.74) is 5.95. The smallest absolute Gasteiger partial charge is 0.343 e. The highest BCUT2D eigenvalue weighted by molar-refractivity contribution is 6.76. The fourth-order valence-corrected chi connectivity index (χ4v) is 2.16. The SMILES string of the molecule is CCOC(=O)c1cn(COCC[Si](C)(C)C)nc1N. The van der Waals surface area contributed by atoms with Gasteiger partial charge in [0.15, 0.2) is 5.82 Å². The molecule has 7 heteroatoms. The van der Waals surface area contributed by atoms with Crippen molar-refractivity contribution in [3.63, 3.8) is 0 Å². The topological polar surface area (TPSA) is 79.4 Å². The molecule has 1 aromatic heterocycles. The molecule has 0 saturated carbocycles. The molecule has 6 nitrogen and oxygen atoms in total. The Morgan fingerprint density at radius 1 is 1.47 bits per heavy atom. The van der Waals surface area contributed by atoms with Crippen LogP contribution in [0.15, 0.2) is 6.20 Å². The van der Waals surface area contributed by atoms with Crippen LogP contribution in [0.4, 0.5) is 5.82 Å². The Morgan fingerprint density at radius 2 is 2.16 bits per heavy atom. The summed E-state index contributed by atoms with van der Waals surface area (Å²) >= 11 is 0. The summed E-state index contributed by atoms with van der Waals surface area (Å²) in [7, 11) is -1.08. The van der Waals surface area contributed by atoms with Crippen molar-refractivity contribution in [1.29, 1.82) is 0 Å². The zero-order valence-corrected chi connectivity index (χ0v) is 13.1. The summed E-state index contributed by atoms with van der Waals surface area (Å²) < 4.78 is 11.9. The molecule has 1 aromatic rings. The van der Waals surface area contributed by atoms with Crippen LogP contribution < -0.4 is 5.73 Å². The predicted octanol–water partition coefficient (Wildman–Crippen LogP) is 1.95. The van der Waals surface area contributed by atoms with E-state index < -0.39 is 14.0 Å². The van der Waals surface area contributed by atoms with Gasteiger partial charge in [0.1, 0.15) is 12.3 Å². The lowest BCUT2D eigenvalue weighted by molar-refractivity contribution is 0.0526. The fraction of sp³-hybridized carbons (Fsp3) is 0.667. The third-order valence-corrected chi connectivity index (χ3v) is 4.21. The van der Waals surface area contributed by atoms with Gasteiger partial charge in [0.2, 0.25) is 0 Å². The molecule has 1 rings (SSSR count). The first-order valence-corrected chi connectivity index (χ1v) is 10.1. The number of hydrogen-bond acceptors (Lipinski definition) is 5. The molecular weight excluding hydrogens is 262 g/mol. The maximum Gasteiger partial charge on any atom is 0.343 e. The second-order valence-corrected chi connectivity index (χ2v) is 11.2. The second kappa shape index (κ2) is 6.72. The van der Waals surface area contributed by atoms with Crippen molar-refractivity contribution in [3.8, 4) is 0 Å². The average Bonchev–Trinajstić information content (AvgIpc) is 2.65. The monoisotopic (exact) mass is 285 g/mol. The number of nitrogens with zero attached hydrogens (tertiary/aromatic N) is 2. The van der Waals surface area contributed by atoms with Crippen LogP contribution in [-0.2, 0) is 16.2 Å². The standard InChI is InChI=1S/C12H23N3O3Si/c1-5-18-12(16)10-8-15(14-11(10)13)9-17-6-7-19(2,3)4/h8H,5-7,9H2,1-4H3,(H2,13,14). The van der Waals surface area contributed by atoms with E-state index in [1.165, 1.54) is 4.68 Å². The van der Waals surface area contributed by atoms with E-state index in [0.29, 0.717) is 19.9 Å². The maximum absolute atomic E-state index is 11.5. The van der Waals surface area contributed by atoms with E-state index in [1.54, 1.807) is 13.1 Å². The van der Waals surface area contributed by atoms with Gasteiger partial charge in [-0.15, -0.1) is 0 Å². The highest BCUT2D eigenvalue weighted by Crippen LogP contribution is 2.11. The minimum absolute atomic E-state index is 0.173. The highest BCUT2D eigenvalue weighted by atomic mass is 28.3. The van der Waals surface area contributed by atoms with Gasteiger partial charge >= 0.3 is 5.97 Å². The van der Waals surface area contributed by atoms with Crippen LogP contribution >= 0.6 is 0 Å². The minimum Gasteiger partial charge on any atom is -0.462 e. The van der Waals surface area contributed by atoms with Gasteiger partial charge in [-0.2, -0.15) is 5.10 Å². The zero-order valence-electron chi connectivity index (χ0n) is 12.1. The van der Waals surface area contributed by atoms with Gasteiger partial charge in [-0.3, -0.25) is 0 Å². The van der Waals surface area contributed by atoms with Crippen molar-refractivity contribution in [2.24, 2.45) is 0 Å². The summed E-state index contributed by atoms with van der Waals surface area (Å²) in [6.07, 6.45) is 1.56. The summed E-state index contributed by atoms with van der Waals surface area (Å²) in [6.45, 7) is 9.94. The maximum atomic E-state index is 11.5. The Labute approximate surface area is 114 Å². The van der Waals surface area contributed by atoms with Crippen LogP contribution in [0.5, 0.6) is 0 Å². The Morgan fingerprint density at radius 3 is 2.74 bits per heavy atom. The van der Waals surface area contributed by atoms with E-state index in [1.807, 2.05) is 0 Å². The van der Waals surface area contributed by atoms with E-state index in [2.05, 4.69) is 24.7 Å². The lowest BCUT2D eigenvalue weighted by Crippen LogP contribution is -2.22. The second-order valence-electron chi connectivity index (χ2n) is 5.54. The molecule has 0 saturated heterocycles. The van der Waals surface area contributed by atoms with Crippen LogP contribution in [0.3, 0.4) is 0 Å². The Bertz CT molecular complexity index is 426. The molecule has 19 heavy (non-hydrogen) atoms. The molecule has 108 valence electrons. The number of esters is 1. The molecule has 0 bridgehead atoms. The summed E-state index contributed by atoms with van der Waals surface area (Å²) in [4.78, 5) is 11.5. The Kier molecular flexibility index (Phi) is 5.55. The van der Waals surface area contributed by atoms with Crippen molar-refractivity contribution in [3.05, 3.63) is 11.8 Å². The van der Waals surface area contributed by atoms with E-state index in [4.69, 9.17) is 15.2 Å². The molecule has 0 aliphatic carbocycles. The summed E-state index contributed by atoms with van der Waals surface area (Å²) in [5.74, 6) is -0.277. The van der Waals surface area contributed by atoms with E-state index in [9.17, 15) is 4.79 Å². The first-order valence-electron chi connectivity index (χ1n) is 6.41. The number of rotatable bonds is 7. The third kappa shape index (κ3) is 5.44. The lowest BCUT2D eigenvalue weighted by atomic mass is 10.3. The molecular formula is C12H23N3O3Si.